The molecule has 0 radical (unpaired) electrons. The molecular weight excluding hydrogens is 148 g/mol. The van der Waals surface area contributed by atoms with Gasteiger partial charge in [-0.2, -0.15) is 0 Å². The number of hydrogen-bond donors (Lipinski definition) is 1. The molecule has 0 aromatic carbocycles. The molecule has 0 rings (SSSR count). The minimum atomic E-state index is -0.630. The van der Waals surface area contributed by atoms with E-state index in [0.29, 0.717) is 6.42 Å². The Labute approximate surface area is 76.5 Å². The molecule has 0 aromatic rings. The van der Waals surface area contributed by atoms with Crippen LogP contribution in [-0.2, 0) is 0 Å². The van der Waals surface area contributed by atoms with Gasteiger partial charge in [-0.25, -0.2) is 0 Å². The number of rotatable bonds is 3. The second-order valence-electron chi connectivity index (χ2n) is 4.82. The van der Waals surface area contributed by atoms with E-state index in [2.05, 4.69) is 41.2 Å². The quantitative estimate of drug-likeness (QED) is 0.646. The van der Waals surface area contributed by atoms with Crippen molar-refractivity contribution >= 4 is 0 Å². The van der Waals surface area contributed by atoms with Crippen molar-refractivity contribution in [1.29, 1.82) is 0 Å². The van der Waals surface area contributed by atoms with E-state index in [-0.39, 0.29) is 11.3 Å². The molecule has 72 valence electrons. The van der Waals surface area contributed by atoms with Gasteiger partial charge in [0.1, 0.15) is 0 Å². The molecule has 0 unspecified atom stereocenters. The zero-order valence-electron chi connectivity index (χ0n) is 9.02. The predicted octanol–water partition coefficient (Wildman–Crippen LogP) is 3.00. The van der Waals surface area contributed by atoms with Crippen LogP contribution >= 0.6 is 0 Å². The van der Waals surface area contributed by atoms with Gasteiger partial charge in [0.2, 0.25) is 0 Å². The number of hydrogen-bond acceptors (Lipinski definition) is 1. The summed E-state index contributed by atoms with van der Waals surface area (Å²) in [6, 6.07) is 0. The third kappa shape index (κ3) is 2.10. The third-order valence-corrected chi connectivity index (χ3v) is 2.71. The zero-order valence-corrected chi connectivity index (χ0v) is 9.02. The first-order valence-corrected chi connectivity index (χ1v) is 4.59. The summed E-state index contributed by atoms with van der Waals surface area (Å²) < 4.78 is 0. The molecule has 1 heteroatoms. The van der Waals surface area contributed by atoms with Gasteiger partial charge in [0.15, 0.2) is 0 Å². The topological polar surface area (TPSA) is 20.2 Å². The lowest BCUT2D eigenvalue weighted by molar-refractivity contribution is -0.0917. The minimum Gasteiger partial charge on any atom is -0.389 e. The molecule has 1 N–H and O–H groups in total. The molecule has 1 atom stereocenters. The van der Waals surface area contributed by atoms with Crippen LogP contribution in [0.25, 0.3) is 0 Å². The summed E-state index contributed by atoms with van der Waals surface area (Å²) in [7, 11) is 0. The second kappa shape index (κ2) is 3.61. The first-order chi connectivity index (χ1) is 5.25. The Morgan fingerprint density at radius 2 is 1.75 bits per heavy atom. The summed E-state index contributed by atoms with van der Waals surface area (Å²) in [5, 5.41) is 10.4. The SMILES string of the molecule is C=CC[C@@](O)(C(C)C)C(C)(C)C. The van der Waals surface area contributed by atoms with Gasteiger partial charge in [0.05, 0.1) is 5.60 Å². The summed E-state index contributed by atoms with van der Waals surface area (Å²) in [4.78, 5) is 0. The highest BCUT2D eigenvalue weighted by Gasteiger charge is 2.41. The van der Waals surface area contributed by atoms with Gasteiger partial charge in [-0.15, -0.1) is 6.58 Å². The molecule has 0 aromatic heterocycles. The van der Waals surface area contributed by atoms with E-state index < -0.39 is 5.60 Å². The van der Waals surface area contributed by atoms with Crippen LogP contribution in [0.5, 0.6) is 0 Å². The molecule has 0 heterocycles. The van der Waals surface area contributed by atoms with Crippen molar-refractivity contribution in [3.63, 3.8) is 0 Å². The molecule has 0 amide bonds. The molecule has 12 heavy (non-hydrogen) atoms. The molecule has 0 aliphatic rings. The Balaban J connectivity index is 4.73. The van der Waals surface area contributed by atoms with Crippen LogP contribution in [0, 0.1) is 11.3 Å². The lowest BCUT2D eigenvalue weighted by Gasteiger charge is -2.43. The molecule has 0 spiro atoms. The largest absolute Gasteiger partial charge is 0.389 e. The van der Waals surface area contributed by atoms with Crippen LogP contribution < -0.4 is 0 Å². The Bertz CT molecular complexity index is 153. The average Bonchev–Trinajstić information content (AvgIpc) is 1.85. The van der Waals surface area contributed by atoms with Crippen molar-refractivity contribution in [2.75, 3.05) is 0 Å². The monoisotopic (exact) mass is 170 g/mol. The van der Waals surface area contributed by atoms with E-state index in [1.165, 1.54) is 0 Å². The van der Waals surface area contributed by atoms with Gasteiger partial charge in [-0.3, -0.25) is 0 Å². The highest BCUT2D eigenvalue weighted by Crippen LogP contribution is 2.39. The maximum atomic E-state index is 10.4. The lowest BCUT2D eigenvalue weighted by atomic mass is 9.68. The first-order valence-electron chi connectivity index (χ1n) is 4.59. The fourth-order valence-corrected chi connectivity index (χ4v) is 1.63. The van der Waals surface area contributed by atoms with Crippen molar-refractivity contribution in [2.45, 2.75) is 46.6 Å². The van der Waals surface area contributed by atoms with Gasteiger partial charge < -0.3 is 5.11 Å². The Morgan fingerprint density at radius 1 is 1.33 bits per heavy atom. The average molecular weight is 170 g/mol. The summed E-state index contributed by atoms with van der Waals surface area (Å²) in [5.74, 6) is 0.260. The van der Waals surface area contributed by atoms with Crippen molar-refractivity contribution in [1.82, 2.24) is 0 Å². The fraction of sp³-hybridized carbons (Fsp3) is 0.818. The van der Waals surface area contributed by atoms with Crippen molar-refractivity contribution < 1.29 is 5.11 Å². The minimum absolute atomic E-state index is 0.0879. The summed E-state index contributed by atoms with van der Waals surface area (Å²) in [6.45, 7) is 14.0. The van der Waals surface area contributed by atoms with Crippen LogP contribution in [-0.4, -0.2) is 10.7 Å². The molecule has 0 fully saturated rings. The van der Waals surface area contributed by atoms with Gasteiger partial charge in [-0.05, 0) is 17.8 Å². The second-order valence-corrected chi connectivity index (χ2v) is 4.82. The van der Waals surface area contributed by atoms with Crippen molar-refractivity contribution in [3.05, 3.63) is 12.7 Å². The smallest absolute Gasteiger partial charge is 0.0752 e. The predicted molar refractivity (Wildman–Crippen MR) is 54.1 cm³/mol. The first kappa shape index (κ1) is 11.7. The van der Waals surface area contributed by atoms with E-state index in [4.69, 9.17) is 0 Å². The summed E-state index contributed by atoms with van der Waals surface area (Å²) in [5.41, 5.74) is -0.718. The Kier molecular flexibility index (Phi) is 3.52. The number of aliphatic hydroxyl groups is 1. The molecule has 0 saturated heterocycles. The van der Waals surface area contributed by atoms with Crippen LogP contribution in [0.4, 0.5) is 0 Å². The third-order valence-electron chi connectivity index (χ3n) is 2.71. The van der Waals surface area contributed by atoms with Crippen molar-refractivity contribution in [2.24, 2.45) is 11.3 Å². The van der Waals surface area contributed by atoms with Gasteiger partial charge in [0, 0.05) is 0 Å². The fourth-order valence-electron chi connectivity index (χ4n) is 1.63. The maximum absolute atomic E-state index is 10.4. The van der Waals surface area contributed by atoms with E-state index in [9.17, 15) is 5.11 Å². The van der Waals surface area contributed by atoms with Gasteiger partial charge in [-0.1, -0.05) is 40.7 Å². The summed E-state index contributed by atoms with van der Waals surface area (Å²) in [6.07, 6.45) is 2.46. The Morgan fingerprint density at radius 3 is 1.83 bits per heavy atom. The standard InChI is InChI=1S/C11H22O/c1-7-8-11(12,9(2)3)10(4,5)6/h7,9,12H,1,8H2,2-6H3/t11-/m1/s1. The Hall–Kier alpha value is -0.300. The molecule has 0 aliphatic carbocycles. The van der Waals surface area contributed by atoms with Crippen LogP contribution in [0.2, 0.25) is 0 Å². The molecule has 0 bridgehead atoms. The highest BCUT2D eigenvalue weighted by molar-refractivity contribution is 4.97. The van der Waals surface area contributed by atoms with E-state index in [1.54, 1.807) is 6.08 Å². The van der Waals surface area contributed by atoms with Gasteiger partial charge >= 0.3 is 0 Å². The maximum Gasteiger partial charge on any atom is 0.0752 e. The van der Waals surface area contributed by atoms with Crippen LogP contribution in [0.3, 0.4) is 0 Å². The normalized spacial score (nSPS) is 17.6. The zero-order chi connectivity index (χ0) is 9.99. The van der Waals surface area contributed by atoms with E-state index >= 15 is 0 Å². The molecule has 1 nitrogen and oxygen atoms in total. The summed E-state index contributed by atoms with van der Waals surface area (Å²) >= 11 is 0. The van der Waals surface area contributed by atoms with E-state index in [1.807, 2.05) is 0 Å². The van der Waals surface area contributed by atoms with Crippen LogP contribution in [0.15, 0.2) is 12.7 Å². The molecular formula is C11H22O. The van der Waals surface area contributed by atoms with E-state index in [0.717, 1.165) is 0 Å². The van der Waals surface area contributed by atoms with Gasteiger partial charge in [0.25, 0.3) is 0 Å². The highest BCUT2D eigenvalue weighted by atomic mass is 16.3. The van der Waals surface area contributed by atoms with Crippen molar-refractivity contribution in [3.8, 4) is 0 Å². The lowest BCUT2D eigenvalue weighted by Crippen LogP contribution is -2.47. The molecule has 0 saturated carbocycles. The molecule has 0 aliphatic heterocycles. The van der Waals surface area contributed by atoms with Crippen LogP contribution in [0.1, 0.15) is 41.0 Å².